The van der Waals surface area contributed by atoms with Gasteiger partial charge in [-0.15, -0.1) is 22.7 Å². The second-order valence-corrected chi connectivity index (χ2v) is 7.65. The van der Waals surface area contributed by atoms with Gasteiger partial charge in [0.25, 0.3) is 0 Å². The highest BCUT2D eigenvalue weighted by Gasteiger charge is 2.01. The maximum Gasteiger partial charge on any atom is 0.180 e. The smallest absolute Gasteiger partial charge is 0.180 e. The molecule has 26 heavy (non-hydrogen) atoms. The summed E-state index contributed by atoms with van der Waals surface area (Å²) in [7, 11) is 0. The molecule has 0 aliphatic heterocycles. The fourth-order valence-corrected chi connectivity index (χ4v) is 3.43. The molecule has 132 valence electrons. The van der Waals surface area contributed by atoms with Gasteiger partial charge in [-0.05, 0) is 13.8 Å². The summed E-state index contributed by atoms with van der Waals surface area (Å²) >= 11 is 2.94. The number of benzene rings is 2. The second-order valence-electron chi connectivity index (χ2n) is 5.87. The first kappa shape index (κ1) is 18.1. The Morgan fingerprint density at radius 3 is 1.23 bits per heavy atom. The van der Waals surface area contributed by atoms with Crippen LogP contribution in [0.1, 0.15) is 11.1 Å². The molecule has 2 aromatic carbocycles. The van der Waals surface area contributed by atoms with Gasteiger partial charge in [0.1, 0.15) is 0 Å². The van der Waals surface area contributed by atoms with E-state index in [0.29, 0.717) is 10.3 Å². The Balaban J connectivity index is 0.000000151. The number of hydrogen-bond acceptors (Lipinski definition) is 6. The molecule has 4 N–H and O–H groups in total. The highest BCUT2D eigenvalue weighted by molar-refractivity contribution is 7.14. The Morgan fingerprint density at radius 1 is 0.615 bits per heavy atom. The molecule has 0 radical (unpaired) electrons. The third-order valence-corrected chi connectivity index (χ3v) is 5.09. The van der Waals surface area contributed by atoms with Crippen LogP contribution in [-0.4, -0.2) is 9.97 Å². The van der Waals surface area contributed by atoms with Crippen molar-refractivity contribution in [1.29, 1.82) is 0 Å². The van der Waals surface area contributed by atoms with Gasteiger partial charge in [0, 0.05) is 21.9 Å². The zero-order valence-electron chi connectivity index (χ0n) is 14.6. The Labute approximate surface area is 161 Å². The lowest BCUT2D eigenvalue weighted by molar-refractivity contribution is 1.39. The van der Waals surface area contributed by atoms with Crippen molar-refractivity contribution in [3.63, 3.8) is 0 Å². The molecule has 0 amide bonds. The summed E-state index contributed by atoms with van der Waals surface area (Å²) in [5.74, 6) is 0. The van der Waals surface area contributed by atoms with E-state index in [-0.39, 0.29) is 0 Å². The van der Waals surface area contributed by atoms with Crippen molar-refractivity contribution in [3.8, 4) is 22.5 Å². The summed E-state index contributed by atoms with van der Waals surface area (Å²) in [5.41, 5.74) is 17.8. The van der Waals surface area contributed by atoms with Gasteiger partial charge in [0.2, 0.25) is 0 Å². The van der Waals surface area contributed by atoms with Gasteiger partial charge in [0.15, 0.2) is 10.3 Å². The first-order valence-electron chi connectivity index (χ1n) is 8.07. The van der Waals surface area contributed by atoms with Gasteiger partial charge in [-0.2, -0.15) is 0 Å². The van der Waals surface area contributed by atoms with Crippen LogP contribution in [0.25, 0.3) is 22.5 Å². The lowest BCUT2D eigenvalue weighted by Crippen LogP contribution is -1.82. The normalized spacial score (nSPS) is 10.2. The van der Waals surface area contributed by atoms with Crippen molar-refractivity contribution in [2.45, 2.75) is 13.8 Å². The number of hydrogen-bond donors (Lipinski definition) is 2. The molecule has 0 atom stereocenters. The average Bonchev–Trinajstić information content (AvgIpc) is 3.25. The van der Waals surface area contributed by atoms with Crippen LogP contribution < -0.4 is 11.5 Å². The van der Waals surface area contributed by atoms with Crippen LogP contribution in [0, 0.1) is 13.8 Å². The zero-order chi connectivity index (χ0) is 18.5. The van der Waals surface area contributed by atoms with Crippen LogP contribution in [0.5, 0.6) is 0 Å². The van der Waals surface area contributed by atoms with Crippen molar-refractivity contribution in [1.82, 2.24) is 9.97 Å². The maximum absolute atomic E-state index is 5.55. The van der Waals surface area contributed by atoms with E-state index >= 15 is 0 Å². The number of thiazole rings is 2. The van der Waals surface area contributed by atoms with Crippen molar-refractivity contribution in [3.05, 3.63) is 70.4 Å². The molecule has 2 heterocycles. The van der Waals surface area contributed by atoms with Crippen LogP contribution in [0.2, 0.25) is 0 Å². The number of aryl methyl sites for hydroxylation is 2. The third-order valence-electron chi connectivity index (χ3n) is 3.74. The van der Waals surface area contributed by atoms with Crippen molar-refractivity contribution < 1.29 is 0 Å². The Kier molecular flexibility index (Phi) is 5.65. The standard InChI is InChI=1S/2C10H10N2S/c2*1-7-2-4-8(5-3-7)9-6-13-10(11)12-9/h2*2-6H,1H3,(H2,11,12). The number of anilines is 2. The second kappa shape index (κ2) is 8.12. The molecular weight excluding hydrogens is 360 g/mol. The number of nitrogens with zero attached hydrogens (tertiary/aromatic N) is 2. The van der Waals surface area contributed by atoms with Gasteiger partial charge in [-0.1, -0.05) is 59.7 Å². The molecule has 4 nitrogen and oxygen atoms in total. The fourth-order valence-electron chi connectivity index (χ4n) is 2.29. The maximum atomic E-state index is 5.55. The fraction of sp³-hybridized carbons (Fsp3) is 0.100. The largest absolute Gasteiger partial charge is 0.375 e. The van der Waals surface area contributed by atoms with Crippen molar-refractivity contribution in [2.75, 3.05) is 11.5 Å². The van der Waals surface area contributed by atoms with Crippen LogP contribution in [0.3, 0.4) is 0 Å². The number of nitrogens with two attached hydrogens (primary N) is 2. The minimum atomic E-state index is 0.621. The van der Waals surface area contributed by atoms with Gasteiger partial charge in [0.05, 0.1) is 11.4 Å². The van der Waals surface area contributed by atoms with Crippen LogP contribution in [0.4, 0.5) is 10.3 Å². The first-order valence-corrected chi connectivity index (χ1v) is 9.83. The summed E-state index contributed by atoms with van der Waals surface area (Å²) in [6, 6.07) is 16.5. The van der Waals surface area contributed by atoms with Crippen LogP contribution in [-0.2, 0) is 0 Å². The Morgan fingerprint density at radius 2 is 0.962 bits per heavy atom. The van der Waals surface area contributed by atoms with Crippen LogP contribution in [0.15, 0.2) is 59.3 Å². The third kappa shape index (κ3) is 4.68. The molecule has 0 spiro atoms. The summed E-state index contributed by atoms with van der Waals surface area (Å²) in [5, 5.41) is 5.19. The molecule has 0 unspecified atom stereocenters. The molecule has 0 bridgehead atoms. The Hall–Kier alpha value is -2.70. The number of rotatable bonds is 2. The monoisotopic (exact) mass is 380 g/mol. The van der Waals surface area contributed by atoms with Gasteiger partial charge in [-0.3, -0.25) is 0 Å². The van der Waals surface area contributed by atoms with E-state index < -0.39 is 0 Å². The minimum Gasteiger partial charge on any atom is -0.375 e. The molecular formula is C20H20N4S2. The summed E-state index contributed by atoms with van der Waals surface area (Å²) in [6.07, 6.45) is 0. The minimum absolute atomic E-state index is 0.621. The molecule has 0 saturated heterocycles. The predicted molar refractivity (Wildman–Crippen MR) is 113 cm³/mol. The molecule has 0 aliphatic rings. The van der Waals surface area contributed by atoms with E-state index in [2.05, 4.69) is 72.3 Å². The molecule has 4 rings (SSSR count). The SMILES string of the molecule is Cc1ccc(-c2csc(N)n2)cc1.Cc1ccc(-c2csc(N)n2)cc1. The van der Waals surface area contributed by atoms with Crippen molar-refractivity contribution >= 4 is 32.9 Å². The summed E-state index contributed by atoms with van der Waals surface area (Å²) < 4.78 is 0. The zero-order valence-corrected chi connectivity index (χ0v) is 16.3. The molecule has 2 aromatic heterocycles. The summed E-state index contributed by atoms with van der Waals surface area (Å²) in [6.45, 7) is 4.14. The summed E-state index contributed by atoms with van der Waals surface area (Å²) in [4.78, 5) is 8.41. The lowest BCUT2D eigenvalue weighted by atomic mass is 10.1. The van der Waals surface area contributed by atoms with E-state index in [9.17, 15) is 0 Å². The highest BCUT2D eigenvalue weighted by Crippen LogP contribution is 2.23. The van der Waals surface area contributed by atoms with Gasteiger partial charge in [-0.25, -0.2) is 9.97 Å². The van der Waals surface area contributed by atoms with Crippen molar-refractivity contribution in [2.24, 2.45) is 0 Å². The van der Waals surface area contributed by atoms with E-state index in [0.717, 1.165) is 22.5 Å². The van der Waals surface area contributed by atoms with E-state index in [1.807, 2.05) is 10.8 Å². The quantitative estimate of drug-likeness (QED) is 0.488. The average molecular weight is 381 g/mol. The lowest BCUT2D eigenvalue weighted by Gasteiger charge is -1.96. The molecule has 0 saturated carbocycles. The van der Waals surface area contributed by atoms with Crippen LogP contribution >= 0.6 is 22.7 Å². The molecule has 6 heteroatoms. The highest BCUT2D eigenvalue weighted by atomic mass is 32.1. The predicted octanol–water partition coefficient (Wildman–Crippen LogP) is 5.40. The molecule has 0 fully saturated rings. The molecule has 0 aliphatic carbocycles. The Bertz CT molecular complexity index is 888. The van der Waals surface area contributed by atoms with Gasteiger partial charge >= 0.3 is 0 Å². The van der Waals surface area contributed by atoms with E-state index in [4.69, 9.17) is 11.5 Å². The molecule has 4 aromatic rings. The topological polar surface area (TPSA) is 77.8 Å². The number of nitrogen functional groups attached to an aromatic ring is 2. The first-order chi connectivity index (χ1) is 12.5. The van der Waals surface area contributed by atoms with E-state index in [1.54, 1.807) is 0 Å². The van der Waals surface area contributed by atoms with E-state index in [1.165, 1.54) is 33.8 Å². The van der Waals surface area contributed by atoms with Gasteiger partial charge < -0.3 is 11.5 Å². The number of aromatic nitrogens is 2.